The van der Waals surface area contributed by atoms with Crippen LogP contribution >= 0.6 is 11.6 Å². The van der Waals surface area contributed by atoms with E-state index in [-0.39, 0.29) is 16.4 Å². The Morgan fingerprint density at radius 1 is 1.33 bits per heavy atom. The summed E-state index contributed by atoms with van der Waals surface area (Å²) in [6.07, 6.45) is 11.1. The molecule has 2 aromatic rings. The zero-order chi connectivity index (χ0) is 16.9. The van der Waals surface area contributed by atoms with Crippen molar-refractivity contribution in [2.75, 3.05) is 11.9 Å². The molecule has 0 saturated heterocycles. The summed E-state index contributed by atoms with van der Waals surface area (Å²) in [5.74, 6) is -0.226. The van der Waals surface area contributed by atoms with E-state index in [0.29, 0.717) is 12.2 Å². The molecule has 0 saturated carbocycles. The average molecular weight is 348 g/mol. The van der Waals surface area contributed by atoms with Gasteiger partial charge in [0.15, 0.2) is 5.82 Å². The first-order chi connectivity index (χ1) is 11.6. The first kappa shape index (κ1) is 16.7. The van der Waals surface area contributed by atoms with E-state index in [2.05, 4.69) is 16.4 Å². The van der Waals surface area contributed by atoms with Gasteiger partial charge in [-0.2, -0.15) is 0 Å². The third kappa shape index (κ3) is 3.85. The summed E-state index contributed by atoms with van der Waals surface area (Å²) in [4.78, 5) is 16.7. The van der Waals surface area contributed by atoms with Crippen molar-refractivity contribution < 1.29 is 4.39 Å². The van der Waals surface area contributed by atoms with Crippen molar-refractivity contribution in [1.82, 2.24) is 9.55 Å². The number of rotatable bonds is 5. The maximum Gasteiger partial charge on any atom is 0.297 e. The molecule has 1 heterocycles. The van der Waals surface area contributed by atoms with Crippen LogP contribution in [0.3, 0.4) is 0 Å². The van der Waals surface area contributed by atoms with Crippen LogP contribution in [-0.2, 0) is 0 Å². The van der Waals surface area contributed by atoms with Crippen molar-refractivity contribution in [3.05, 3.63) is 63.4 Å². The third-order valence-corrected chi connectivity index (χ3v) is 4.44. The van der Waals surface area contributed by atoms with Crippen LogP contribution < -0.4 is 10.9 Å². The van der Waals surface area contributed by atoms with E-state index in [1.54, 1.807) is 12.4 Å². The summed E-state index contributed by atoms with van der Waals surface area (Å²) < 4.78 is 14.7. The van der Waals surface area contributed by atoms with Gasteiger partial charge in [-0.15, -0.1) is 0 Å². The van der Waals surface area contributed by atoms with Gasteiger partial charge in [-0.1, -0.05) is 23.3 Å². The standard InChI is InChI=1S/C18H19ClFN3O/c19-15-12-14(6-7-16(15)20)23-11-10-22-17(18(23)24)21-9-8-13-4-2-1-3-5-13/h4,6-7,10-12H,1-3,5,8-9H2,(H,21,22). The summed E-state index contributed by atoms with van der Waals surface area (Å²) in [5, 5.41) is 3.09. The smallest absolute Gasteiger partial charge is 0.297 e. The van der Waals surface area contributed by atoms with Gasteiger partial charge >= 0.3 is 0 Å². The number of benzene rings is 1. The molecule has 1 aromatic heterocycles. The fraction of sp³-hybridized carbons (Fsp3) is 0.333. The average Bonchev–Trinajstić information content (AvgIpc) is 2.60. The Kier molecular flexibility index (Phi) is 5.30. The van der Waals surface area contributed by atoms with Crippen LogP contribution in [0, 0.1) is 5.82 Å². The minimum Gasteiger partial charge on any atom is -0.365 e. The molecule has 0 amide bonds. The molecule has 6 heteroatoms. The number of anilines is 1. The molecule has 3 rings (SSSR count). The Balaban J connectivity index is 1.74. The van der Waals surface area contributed by atoms with Crippen LogP contribution in [0.4, 0.5) is 10.2 Å². The van der Waals surface area contributed by atoms with E-state index in [4.69, 9.17) is 11.6 Å². The molecule has 0 spiro atoms. The SMILES string of the molecule is O=c1c(NCCC2=CCCCC2)nccn1-c1ccc(F)c(Cl)c1. The van der Waals surface area contributed by atoms with Crippen LogP contribution in [0.15, 0.2) is 47.0 Å². The normalized spacial score (nSPS) is 14.3. The van der Waals surface area contributed by atoms with Crippen LogP contribution in [0.5, 0.6) is 0 Å². The summed E-state index contributed by atoms with van der Waals surface area (Å²) in [6.45, 7) is 0.669. The van der Waals surface area contributed by atoms with E-state index in [9.17, 15) is 9.18 Å². The molecular weight excluding hydrogens is 329 g/mol. The molecule has 4 nitrogen and oxygen atoms in total. The Hall–Kier alpha value is -2.14. The van der Waals surface area contributed by atoms with Gasteiger partial charge in [0, 0.05) is 18.9 Å². The number of nitrogens with zero attached hydrogens (tertiary/aromatic N) is 2. The molecule has 1 N–H and O–H groups in total. The first-order valence-corrected chi connectivity index (χ1v) is 8.48. The monoisotopic (exact) mass is 347 g/mol. The van der Waals surface area contributed by atoms with E-state index < -0.39 is 5.82 Å². The van der Waals surface area contributed by atoms with Crippen molar-refractivity contribution in [2.24, 2.45) is 0 Å². The van der Waals surface area contributed by atoms with Crippen molar-refractivity contribution in [1.29, 1.82) is 0 Å². The van der Waals surface area contributed by atoms with Crippen LogP contribution in [0.2, 0.25) is 5.02 Å². The predicted molar refractivity (Wildman–Crippen MR) is 94.5 cm³/mol. The second kappa shape index (κ2) is 7.62. The highest BCUT2D eigenvalue weighted by Gasteiger charge is 2.09. The van der Waals surface area contributed by atoms with Gasteiger partial charge in [0.2, 0.25) is 0 Å². The molecule has 0 fully saturated rings. The van der Waals surface area contributed by atoms with Crippen molar-refractivity contribution in [2.45, 2.75) is 32.1 Å². The van der Waals surface area contributed by atoms with E-state index in [0.717, 1.165) is 19.3 Å². The lowest BCUT2D eigenvalue weighted by molar-refractivity contribution is 0.627. The van der Waals surface area contributed by atoms with Gasteiger partial charge in [0.25, 0.3) is 5.56 Å². The number of halogens is 2. The summed E-state index contributed by atoms with van der Waals surface area (Å²) >= 11 is 5.80. The number of hydrogen-bond donors (Lipinski definition) is 1. The Labute approximate surface area is 145 Å². The van der Waals surface area contributed by atoms with Crippen LogP contribution in [-0.4, -0.2) is 16.1 Å². The second-order valence-electron chi connectivity index (χ2n) is 5.83. The summed E-state index contributed by atoms with van der Waals surface area (Å²) in [7, 11) is 0. The Morgan fingerprint density at radius 3 is 2.96 bits per heavy atom. The number of hydrogen-bond acceptors (Lipinski definition) is 3. The Morgan fingerprint density at radius 2 is 2.21 bits per heavy atom. The molecule has 24 heavy (non-hydrogen) atoms. The molecule has 1 aliphatic carbocycles. The maximum atomic E-state index is 13.3. The van der Waals surface area contributed by atoms with Gasteiger partial charge < -0.3 is 5.32 Å². The molecule has 0 radical (unpaired) electrons. The summed E-state index contributed by atoms with van der Waals surface area (Å²) in [6, 6.07) is 4.18. The fourth-order valence-corrected chi connectivity index (χ4v) is 3.02. The van der Waals surface area contributed by atoms with E-state index >= 15 is 0 Å². The zero-order valence-corrected chi connectivity index (χ0v) is 14.0. The van der Waals surface area contributed by atoms with Gasteiger partial charge in [-0.25, -0.2) is 9.37 Å². The van der Waals surface area contributed by atoms with E-state index in [1.165, 1.54) is 41.2 Å². The lowest BCUT2D eigenvalue weighted by Crippen LogP contribution is -2.23. The maximum absolute atomic E-state index is 13.3. The Bertz CT molecular complexity index is 816. The lowest BCUT2D eigenvalue weighted by atomic mass is 9.97. The molecule has 0 aliphatic heterocycles. The van der Waals surface area contributed by atoms with Gasteiger partial charge in [0.1, 0.15) is 5.82 Å². The highest BCUT2D eigenvalue weighted by Crippen LogP contribution is 2.20. The molecule has 0 bridgehead atoms. The van der Waals surface area contributed by atoms with Crippen molar-refractivity contribution in [3.8, 4) is 5.69 Å². The molecule has 0 unspecified atom stereocenters. The largest absolute Gasteiger partial charge is 0.365 e. The lowest BCUT2D eigenvalue weighted by Gasteiger charge is -2.13. The van der Waals surface area contributed by atoms with Gasteiger partial charge in [-0.3, -0.25) is 9.36 Å². The molecular formula is C18H19ClFN3O. The minimum atomic E-state index is -0.512. The topological polar surface area (TPSA) is 46.9 Å². The molecule has 126 valence electrons. The number of nitrogens with one attached hydrogen (secondary N) is 1. The van der Waals surface area contributed by atoms with Gasteiger partial charge in [-0.05, 0) is 50.3 Å². The minimum absolute atomic E-state index is 0.0186. The quantitative estimate of drug-likeness (QED) is 0.819. The van der Waals surface area contributed by atoms with Crippen LogP contribution in [0.25, 0.3) is 5.69 Å². The zero-order valence-electron chi connectivity index (χ0n) is 13.3. The number of allylic oxidation sites excluding steroid dienone is 1. The molecule has 0 atom stereocenters. The summed E-state index contributed by atoms with van der Waals surface area (Å²) in [5.41, 5.74) is 1.67. The second-order valence-corrected chi connectivity index (χ2v) is 6.24. The van der Waals surface area contributed by atoms with Crippen molar-refractivity contribution >= 4 is 17.4 Å². The highest BCUT2D eigenvalue weighted by atomic mass is 35.5. The van der Waals surface area contributed by atoms with Crippen molar-refractivity contribution in [3.63, 3.8) is 0 Å². The van der Waals surface area contributed by atoms with Gasteiger partial charge in [0.05, 0.1) is 10.7 Å². The van der Waals surface area contributed by atoms with Crippen LogP contribution in [0.1, 0.15) is 32.1 Å². The molecule has 1 aromatic carbocycles. The first-order valence-electron chi connectivity index (χ1n) is 8.10. The highest BCUT2D eigenvalue weighted by molar-refractivity contribution is 6.30. The molecule has 1 aliphatic rings. The third-order valence-electron chi connectivity index (χ3n) is 4.15. The van der Waals surface area contributed by atoms with E-state index in [1.807, 2.05) is 0 Å². The number of aromatic nitrogens is 2. The predicted octanol–water partition coefficient (Wildman–Crippen LogP) is 4.33. The fourth-order valence-electron chi connectivity index (χ4n) is 2.84.